The summed E-state index contributed by atoms with van der Waals surface area (Å²) in [6, 6.07) is 0. The van der Waals surface area contributed by atoms with Gasteiger partial charge in [0, 0.05) is 0 Å². The molecule has 0 saturated carbocycles. The third kappa shape index (κ3) is 9.20. The lowest BCUT2D eigenvalue weighted by Crippen LogP contribution is -2.35. The first-order valence-electron chi connectivity index (χ1n) is 9.48. The lowest BCUT2D eigenvalue weighted by atomic mass is 10.3. The van der Waals surface area contributed by atoms with E-state index in [4.69, 9.17) is 11.1 Å². The van der Waals surface area contributed by atoms with Crippen molar-refractivity contribution in [2.45, 2.75) is 65.9 Å². The summed E-state index contributed by atoms with van der Waals surface area (Å²) in [5.41, 5.74) is 17.2. The second-order valence-corrected chi connectivity index (χ2v) is 17.5. The molecule has 0 aliphatic carbocycles. The van der Waals surface area contributed by atoms with Gasteiger partial charge in [-0.05, 0) is 39.5 Å². The maximum Gasteiger partial charge on any atom is 0.495 e. The first-order valence-corrected chi connectivity index (χ1v) is 15.9. The van der Waals surface area contributed by atoms with E-state index < -0.39 is 58.6 Å². The standard InChI is InChI=1S/C9H18N2O4S2.C7H14N2O4S2/c1-7(2)5-16(12,13)9(11-10)17(14,15)6-8(3)4;1-5(2)14(10,11)7(9-8)15(12,13)6(3)4/h7-8H,5-6H2,1-4H3;5-6H,1-4H3. The fourth-order valence-corrected chi connectivity index (χ4v) is 9.75. The van der Waals surface area contributed by atoms with Crippen LogP contribution < -0.4 is 0 Å². The molecule has 188 valence electrons. The predicted octanol–water partition coefficient (Wildman–Crippen LogP) is 0.932. The van der Waals surface area contributed by atoms with E-state index in [9.17, 15) is 33.7 Å². The van der Waals surface area contributed by atoms with Crippen LogP contribution in [0.5, 0.6) is 0 Å². The Labute approximate surface area is 191 Å². The van der Waals surface area contributed by atoms with Gasteiger partial charge in [-0.15, -0.1) is 9.58 Å². The van der Waals surface area contributed by atoms with Crippen LogP contribution in [0.1, 0.15) is 55.4 Å². The molecule has 0 aromatic heterocycles. The molecule has 0 heterocycles. The Morgan fingerprint density at radius 3 is 0.969 bits per heavy atom. The Kier molecular flexibility index (Phi) is 12.4. The molecule has 0 saturated heterocycles. The van der Waals surface area contributed by atoms with Crippen LogP contribution in [0.4, 0.5) is 0 Å². The Morgan fingerprint density at radius 1 is 0.562 bits per heavy atom. The predicted molar refractivity (Wildman–Crippen MR) is 123 cm³/mol. The zero-order valence-corrected chi connectivity index (χ0v) is 22.7. The quantitative estimate of drug-likeness (QED) is 0.206. The molecule has 0 spiro atoms. The van der Waals surface area contributed by atoms with Crippen molar-refractivity contribution in [2.75, 3.05) is 11.5 Å². The molecule has 12 nitrogen and oxygen atoms in total. The van der Waals surface area contributed by atoms with E-state index in [1.807, 2.05) is 0 Å². The molecule has 0 bridgehead atoms. The molecule has 32 heavy (non-hydrogen) atoms. The second kappa shape index (κ2) is 12.1. The minimum atomic E-state index is -4.08. The van der Waals surface area contributed by atoms with Crippen LogP contribution in [0.15, 0.2) is 0 Å². The first-order chi connectivity index (χ1) is 14.1. The van der Waals surface area contributed by atoms with Gasteiger partial charge >= 0.3 is 8.75 Å². The van der Waals surface area contributed by atoms with Gasteiger partial charge in [-0.2, -0.15) is 0 Å². The fraction of sp³-hybridized carbons (Fsp3) is 0.875. The van der Waals surface area contributed by atoms with Crippen molar-refractivity contribution in [3.63, 3.8) is 0 Å². The van der Waals surface area contributed by atoms with E-state index in [2.05, 4.69) is 9.58 Å². The van der Waals surface area contributed by atoms with Gasteiger partial charge in [0.25, 0.3) is 39.3 Å². The van der Waals surface area contributed by atoms with Crippen LogP contribution in [0, 0.1) is 11.8 Å². The molecule has 0 fully saturated rings. The maximum atomic E-state index is 11.7. The summed E-state index contributed by atoms with van der Waals surface area (Å²) in [5.74, 6) is -1.20. The molecular weight excluding hydrogens is 504 g/mol. The zero-order chi connectivity index (χ0) is 26.3. The Bertz CT molecular complexity index is 1100. The molecule has 0 amide bonds. The Hall–Kier alpha value is -1.44. The van der Waals surface area contributed by atoms with Crippen molar-refractivity contribution in [3.05, 3.63) is 11.1 Å². The van der Waals surface area contributed by atoms with Crippen molar-refractivity contribution in [1.82, 2.24) is 0 Å². The van der Waals surface area contributed by atoms with Crippen LogP contribution in [-0.4, -0.2) is 74.0 Å². The monoisotopic (exact) mass is 536 g/mol. The number of hydrogen-bond donors (Lipinski definition) is 0. The smallest absolute Gasteiger partial charge is 0.359 e. The van der Waals surface area contributed by atoms with Crippen molar-refractivity contribution in [3.8, 4) is 0 Å². The molecule has 0 aliphatic rings. The van der Waals surface area contributed by atoms with Gasteiger partial charge in [0.15, 0.2) is 0 Å². The van der Waals surface area contributed by atoms with E-state index in [1.165, 1.54) is 27.7 Å². The normalized spacial score (nSPS) is 12.9. The van der Waals surface area contributed by atoms with Gasteiger partial charge in [0.05, 0.1) is 22.0 Å². The SMILES string of the molecule is CC(C)CS(=O)(=O)C(=[N+]=[N-])S(=O)(=O)CC(C)C.CC(C)S(=O)(=O)C(=[N+]=[N-])S(=O)(=O)C(C)C. The van der Waals surface area contributed by atoms with E-state index in [0.29, 0.717) is 0 Å². The van der Waals surface area contributed by atoms with Crippen molar-refractivity contribution >= 4 is 48.1 Å². The third-order valence-corrected chi connectivity index (χ3v) is 13.5. The summed E-state index contributed by atoms with van der Waals surface area (Å²) in [7, 11) is -16.3. The average molecular weight is 537 g/mol. The van der Waals surface area contributed by atoms with Gasteiger partial charge in [0.2, 0.25) is 0 Å². The highest BCUT2D eigenvalue weighted by molar-refractivity contribution is 8.31. The minimum Gasteiger partial charge on any atom is -0.359 e. The molecule has 16 heteroatoms. The van der Waals surface area contributed by atoms with Crippen molar-refractivity contribution in [2.24, 2.45) is 11.8 Å². The third-order valence-electron chi connectivity index (χ3n) is 3.53. The maximum absolute atomic E-state index is 11.7. The largest absolute Gasteiger partial charge is 0.495 e. The van der Waals surface area contributed by atoms with Crippen LogP contribution >= 0.6 is 0 Å². The second-order valence-electron chi connectivity index (χ2n) is 8.27. The summed E-state index contributed by atoms with van der Waals surface area (Å²) in [4.78, 5) is 4.89. The van der Waals surface area contributed by atoms with Crippen molar-refractivity contribution < 1.29 is 43.3 Å². The summed E-state index contributed by atoms with van der Waals surface area (Å²) in [6.45, 7) is 11.8. The topological polar surface area (TPSA) is 209 Å². The molecule has 0 aromatic carbocycles. The zero-order valence-electron chi connectivity index (χ0n) is 19.4. The van der Waals surface area contributed by atoms with Crippen LogP contribution in [0.25, 0.3) is 11.1 Å². The highest BCUT2D eigenvalue weighted by Crippen LogP contribution is 2.12. The van der Waals surface area contributed by atoms with Crippen molar-refractivity contribution in [1.29, 1.82) is 0 Å². The number of hydrogen-bond acceptors (Lipinski definition) is 8. The van der Waals surface area contributed by atoms with Gasteiger partial charge in [-0.25, -0.2) is 33.7 Å². The molecule has 0 unspecified atom stereocenters. The lowest BCUT2D eigenvalue weighted by Gasteiger charge is -2.05. The average Bonchev–Trinajstić information content (AvgIpc) is 2.52. The first kappa shape index (κ1) is 32.7. The molecule has 0 radical (unpaired) electrons. The van der Waals surface area contributed by atoms with Crippen LogP contribution in [0.2, 0.25) is 0 Å². The van der Waals surface area contributed by atoms with E-state index in [-0.39, 0.29) is 23.3 Å². The Morgan fingerprint density at radius 2 is 0.812 bits per heavy atom. The minimum absolute atomic E-state index is 0.244. The van der Waals surface area contributed by atoms with Gasteiger partial charge in [0.1, 0.15) is 0 Å². The molecular formula is C16H32N4O8S4. The molecule has 0 atom stereocenters. The molecule has 0 aliphatic heterocycles. The van der Waals surface area contributed by atoms with E-state index in [1.54, 1.807) is 27.7 Å². The van der Waals surface area contributed by atoms with Gasteiger partial charge in [-0.1, -0.05) is 27.7 Å². The Balaban J connectivity index is 0. The molecule has 0 rings (SSSR count). The fourth-order valence-electron chi connectivity index (χ4n) is 2.02. The highest BCUT2D eigenvalue weighted by Gasteiger charge is 2.45. The van der Waals surface area contributed by atoms with E-state index in [0.717, 1.165) is 0 Å². The molecule has 0 aromatic rings. The summed E-state index contributed by atoms with van der Waals surface area (Å²) >= 11 is 0. The lowest BCUT2D eigenvalue weighted by molar-refractivity contribution is 0.00343. The van der Waals surface area contributed by atoms with Crippen LogP contribution in [-0.2, 0) is 39.3 Å². The number of nitrogens with zero attached hydrogens (tertiary/aromatic N) is 4. The number of rotatable bonds is 6. The summed E-state index contributed by atoms with van der Waals surface area (Å²) in [6.07, 6.45) is 0. The highest BCUT2D eigenvalue weighted by atomic mass is 32.3. The van der Waals surface area contributed by atoms with Gasteiger partial charge in [-0.3, -0.25) is 0 Å². The van der Waals surface area contributed by atoms with Crippen LogP contribution in [0.3, 0.4) is 0 Å². The number of sulfone groups is 4. The van der Waals surface area contributed by atoms with E-state index >= 15 is 0 Å². The summed E-state index contributed by atoms with van der Waals surface area (Å²) in [5, 5.41) is -1.89. The molecule has 0 N–H and O–H groups in total. The summed E-state index contributed by atoms with van der Waals surface area (Å²) < 4.78 is 90.8. The van der Waals surface area contributed by atoms with Gasteiger partial charge < -0.3 is 11.1 Å².